The summed E-state index contributed by atoms with van der Waals surface area (Å²) in [6, 6.07) is 0.249. The molecule has 1 aliphatic heterocycles. The number of nitrogens with one attached hydrogen (secondary N) is 1. The van der Waals surface area contributed by atoms with Crippen LogP contribution in [0.15, 0.2) is 60.5 Å². The predicted octanol–water partition coefficient (Wildman–Crippen LogP) is 3.76. The van der Waals surface area contributed by atoms with Gasteiger partial charge in [0.05, 0.1) is 8.22 Å². The largest absolute Gasteiger partial charge is 0.382 e. The maximum atomic E-state index is 8.73. The number of nitrogens with zero attached hydrogens (tertiary/aromatic N) is 1. The second-order valence-corrected chi connectivity index (χ2v) is 4.05. The molecule has 0 amide bonds. The fraction of sp³-hybridized carbons (Fsp3) is 0.333. The predicted molar refractivity (Wildman–Crippen MR) is 84.8 cm³/mol. The summed E-state index contributed by atoms with van der Waals surface area (Å²) in [5, 5.41) is 1.99. The summed E-state index contributed by atoms with van der Waals surface area (Å²) in [5.41, 5.74) is -0.463. The molecule has 2 heteroatoms. The first-order valence-electron chi connectivity index (χ1n) is 13.0. The maximum absolute atomic E-state index is 8.73. The van der Waals surface area contributed by atoms with Crippen molar-refractivity contribution in [1.29, 1.82) is 0 Å². The van der Waals surface area contributed by atoms with Crippen molar-refractivity contribution in [3.05, 3.63) is 66.1 Å². The zero-order valence-electron chi connectivity index (χ0n) is 24.5. The van der Waals surface area contributed by atoms with E-state index in [-0.39, 0.29) is 0 Å². The van der Waals surface area contributed by atoms with Gasteiger partial charge in [-0.25, -0.2) is 0 Å². The van der Waals surface area contributed by atoms with E-state index >= 15 is 0 Å². The molecule has 1 aliphatic rings. The van der Waals surface area contributed by atoms with Crippen LogP contribution in [0.1, 0.15) is 37.5 Å². The summed E-state index contributed by atoms with van der Waals surface area (Å²) < 4.78 is 116. The highest BCUT2D eigenvalue weighted by Gasteiger charge is 2.18. The number of likely N-dealkylation sites (tertiary alicyclic amines) is 1. The molecule has 0 unspecified atom stereocenters. The van der Waals surface area contributed by atoms with Crippen molar-refractivity contribution in [3.8, 4) is 0 Å². The molecule has 104 valence electrons. The van der Waals surface area contributed by atoms with E-state index in [0.717, 1.165) is 0 Å². The van der Waals surface area contributed by atoms with Crippen LogP contribution < -0.4 is 5.32 Å². The van der Waals surface area contributed by atoms with Gasteiger partial charge in [0.2, 0.25) is 0 Å². The molecular formula is C18H22N2. The zero-order chi connectivity index (χ0) is 26.1. The number of rotatable bonds is 4. The average Bonchev–Trinajstić information content (AvgIpc) is 2.76. The van der Waals surface area contributed by atoms with Crippen molar-refractivity contribution in [2.45, 2.75) is 25.3 Å². The van der Waals surface area contributed by atoms with E-state index < -0.39 is 74.2 Å². The van der Waals surface area contributed by atoms with Crippen LogP contribution in [-0.4, -0.2) is 23.9 Å². The molecule has 2 aromatic rings. The van der Waals surface area contributed by atoms with Crippen LogP contribution in [0.5, 0.6) is 0 Å². The molecule has 1 heterocycles. The lowest BCUT2D eigenvalue weighted by Gasteiger charge is -2.32. The lowest BCUT2D eigenvalue weighted by molar-refractivity contribution is 0.211. The number of benzene rings is 2. The summed E-state index contributed by atoms with van der Waals surface area (Å²) >= 11 is 0. The van der Waals surface area contributed by atoms with Crippen LogP contribution in [0, 0.1) is 0 Å². The van der Waals surface area contributed by atoms with E-state index in [1.54, 1.807) is 18.2 Å². The minimum absolute atomic E-state index is 0.367. The normalized spacial score (nSPS) is 38.8. The lowest BCUT2D eigenvalue weighted by Crippen LogP contribution is -2.38. The molecule has 0 saturated carbocycles. The minimum Gasteiger partial charge on any atom is -0.382 e. The molecule has 1 saturated heterocycles. The highest BCUT2D eigenvalue weighted by molar-refractivity contribution is 5.43. The first-order chi connectivity index (χ1) is 15.4. The van der Waals surface area contributed by atoms with Gasteiger partial charge in [-0.2, -0.15) is 0 Å². The Hall–Kier alpha value is -1.80. The molecule has 20 heavy (non-hydrogen) atoms. The molecule has 2 aromatic carbocycles. The molecule has 3 rings (SSSR count). The number of hydrogen-bond donors (Lipinski definition) is 1. The third-order valence-electron chi connectivity index (χ3n) is 2.57. The van der Waals surface area contributed by atoms with Gasteiger partial charge in [0.1, 0.15) is 0 Å². The van der Waals surface area contributed by atoms with Gasteiger partial charge in [0.25, 0.3) is 0 Å². The van der Waals surface area contributed by atoms with E-state index in [9.17, 15) is 0 Å². The third-order valence-corrected chi connectivity index (χ3v) is 2.57. The van der Waals surface area contributed by atoms with Gasteiger partial charge in [0.15, 0.2) is 0 Å². The number of hydrogen-bond acceptors (Lipinski definition) is 2. The first-order valence-corrected chi connectivity index (χ1v) is 6.03. The van der Waals surface area contributed by atoms with E-state index in [0.29, 0.717) is 10.5 Å². The van der Waals surface area contributed by atoms with Gasteiger partial charge >= 0.3 is 0 Å². The van der Waals surface area contributed by atoms with E-state index in [1.165, 1.54) is 12.1 Å². The Labute approximate surface area is 141 Å². The Balaban J connectivity index is 2.22. The van der Waals surface area contributed by atoms with Crippen LogP contribution in [-0.2, 0) is 6.54 Å². The summed E-state index contributed by atoms with van der Waals surface area (Å²) in [4.78, 5) is 0.367. The maximum Gasteiger partial charge on any atom is 0.0645 e. The molecule has 1 N–H and O–H groups in total. The van der Waals surface area contributed by atoms with E-state index in [1.807, 2.05) is 5.32 Å². The second kappa shape index (κ2) is 6.58. The SMILES string of the molecule is [2H]c1c([2H])c([2H])c(NC2([2H])C([2H])([2H])C([2H])([2H])N(Cc3ccccc3)C([2H])([2H])C2([2H])[2H])c([2H])c1[2H]. The summed E-state index contributed by atoms with van der Waals surface area (Å²) in [6.07, 6.45) is -6.99. The lowest BCUT2D eigenvalue weighted by atomic mass is 10.0. The van der Waals surface area contributed by atoms with E-state index in [2.05, 4.69) is 0 Å². The molecule has 0 bridgehead atoms. The van der Waals surface area contributed by atoms with E-state index in [4.69, 9.17) is 19.2 Å². The number of piperidine rings is 1. The molecular weight excluding hydrogens is 244 g/mol. The van der Waals surface area contributed by atoms with Gasteiger partial charge in [-0.15, -0.1) is 0 Å². The fourth-order valence-electron chi connectivity index (χ4n) is 1.65. The van der Waals surface area contributed by atoms with Gasteiger partial charge in [-0.05, 0) is 30.4 Å². The Morgan fingerprint density at radius 1 is 1.15 bits per heavy atom. The minimum atomic E-state index is -3.49. The van der Waals surface area contributed by atoms with Crippen molar-refractivity contribution >= 4 is 5.69 Å². The van der Waals surface area contributed by atoms with Crippen LogP contribution in [0.25, 0.3) is 0 Å². The standard InChI is InChI=1S/C18H22N2/c1-3-7-16(8-4-1)15-20-13-11-18(12-14-20)19-17-9-5-2-6-10-17/h1-10,18-19H,11-15H2/i2D,5D,6D,9D,10D,11D2,12D2,13D2,14D2,18D. The highest BCUT2D eigenvalue weighted by atomic mass is 15.1. The monoisotopic (exact) mass is 280 g/mol. The van der Waals surface area contributed by atoms with Crippen molar-refractivity contribution in [1.82, 2.24) is 4.90 Å². The molecule has 0 atom stereocenters. The molecule has 0 spiro atoms. The Bertz CT molecular complexity index is 1040. The summed E-state index contributed by atoms with van der Waals surface area (Å²) in [5.74, 6) is 0. The molecule has 1 fully saturated rings. The summed E-state index contributed by atoms with van der Waals surface area (Å²) in [7, 11) is 0. The van der Waals surface area contributed by atoms with Gasteiger partial charge in [-0.3, -0.25) is 4.90 Å². The highest BCUT2D eigenvalue weighted by Crippen LogP contribution is 2.17. The van der Waals surface area contributed by atoms with Crippen LogP contribution in [0.4, 0.5) is 5.69 Å². The quantitative estimate of drug-likeness (QED) is 0.917. The molecule has 0 aliphatic carbocycles. The van der Waals surface area contributed by atoms with Crippen LogP contribution >= 0.6 is 0 Å². The smallest absolute Gasteiger partial charge is 0.0645 e. The van der Waals surface area contributed by atoms with Crippen LogP contribution in [0.2, 0.25) is 0 Å². The van der Waals surface area contributed by atoms with Crippen molar-refractivity contribution < 1.29 is 19.2 Å². The zero-order valence-corrected chi connectivity index (χ0v) is 10.5. The average molecular weight is 280 g/mol. The van der Waals surface area contributed by atoms with Gasteiger partial charge < -0.3 is 5.32 Å². The Morgan fingerprint density at radius 2 is 1.85 bits per heavy atom. The number of para-hydroxylation sites is 1. The Morgan fingerprint density at radius 3 is 2.55 bits per heavy atom. The second-order valence-electron chi connectivity index (χ2n) is 4.05. The van der Waals surface area contributed by atoms with Crippen molar-refractivity contribution in [3.63, 3.8) is 0 Å². The summed E-state index contributed by atoms with van der Waals surface area (Å²) in [6.45, 7) is -7.08. The molecule has 0 aromatic heterocycles. The molecule has 2 nitrogen and oxygen atoms in total. The number of anilines is 1. The van der Waals surface area contributed by atoms with Crippen LogP contribution in [0.3, 0.4) is 0 Å². The topological polar surface area (TPSA) is 15.3 Å². The third kappa shape index (κ3) is 3.61. The first kappa shape index (κ1) is 4.60. The van der Waals surface area contributed by atoms with Crippen molar-refractivity contribution in [2.24, 2.45) is 0 Å². The van der Waals surface area contributed by atoms with Gasteiger partial charge in [0, 0.05) is 42.2 Å². The van der Waals surface area contributed by atoms with Gasteiger partial charge in [-0.1, -0.05) is 48.5 Å². The Kier molecular flexibility index (Phi) is 1.51. The molecule has 0 radical (unpaired) electrons. The fourth-order valence-corrected chi connectivity index (χ4v) is 1.65. The van der Waals surface area contributed by atoms with Crippen molar-refractivity contribution in [2.75, 3.05) is 18.3 Å².